The highest BCUT2D eigenvalue weighted by molar-refractivity contribution is 6.30. The quantitative estimate of drug-likeness (QED) is 0.324. The first kappa shape index (κ1) is 27.0. The number of carbonyl (C=O) groups is 2. The van der Waals surface area contributed by atoms with E-state index in [1.165, 1.54) is 12.1 Å². The first-order valence-electron chi connectivity index (χ1n) is 10.6. The van der Waals surface area contributed by atoms with E-state index in [1.807, 2.05) is 6.92 Å². The van der Waals surface area contributed by atoms with Crippen molar-refractivity contribution in [2.45, 2.75) is 57.4 Å². The highest BCUT2D eigenvalue weighted by Gasteiger charge is 2.33. The van der Waals surface area contributed by atoms with Gasteiger partial charge in [-0.25, -0.2) is 9.28 Å². The van der Waals surface area contributed by atoms with E-state index in [-0.39, 0.29) is 42.3 Å². The summed E-state index contributed by atoms with van der Waals surface area (Å²) < 4.78 is 18.6. The SMILES string of the molecule is C=C(C)C(CC(O)CNC(=O)COc1ccc(Cl)c(F)c1)NC(=O)C1CC(CC)N(C)OO1. The molecule has 3 N–H and O–H groups in total. The van der Waals surface area contributed by atoms with Crippen molar-refractivity contribution in [1.82, 2.24) is 15.7 Å². The van der Waals surface area contributed by atoms with Gasteiger partial charge in [0.2, 0.25) is 0 Å². The van der Waals surface area contributed by atoms with Crippen LogP contribution in [0.2, 0.25) is 5.02 Å². The Bertz CT molecular complexity index is 842. The van der Waals surface area contributed by atoms with Gasteiger partial charge in [-0.3, -0.25) is 9.59 Å². The lowest BCUT2D eigenvalue weighted by atomic mass is 10.0. The fraction of sp³-hybridized carbons (Fsp3) is 0.545. The predicted molar refractivity (Wildman–Crippen MR) is 120 cm³/mol. The molecule has 1 aliphatic rings. The predicted octanol–water partition coefficient (Wildman–Crippen LogP) is 2.13. The Morgan fingerprint density at radius 1 is 1.45 bits per heavy atom. The van der Waals surface area contributed by atoms with Crippen LogP contribution in [0.25, 0.3) is 0 Å². The van der Waals surface area contributed by atoms with Crippen LogP contribution in [0.3, 0.4) is 0 Å². The van der Waals surface area contributed by atoms with E-state index in [9.17, 15) is 19.1 Å². The Labute approximate surface area is 197 Å². The van der Waals surface area contributed by atoms with Gasteiger partial charge in [0, 0.05) is 32.1 Å². The molecule has 0 bridgehead atoms. The van der Waals surface area contributed by atoms with E-state index in [2.05, 4.69) is 17.2 Å². The van der Waals surface area contributed by atoms with Crippen LogP contribution in [0.5, 0.6) is 5.75 Å². The van der Waals surface area contributed by atoms with Gasteiger partial charge in [-0.15, -0.1) is 4.99 Å². The fourth-order valence-corrected chi connectivity index (χ4v) is 3.31. The summed E-state index contributed by atoms with van der Waals surface area (Å²) >= 11 is 5.60. The summed E-state index contributed by atoms with van der Waals surface area (Å²) in [6, 6.07) is 3.36. The topological polar surface area (TPSA) is 109 Å². The van der Waals surface area contributed by atoms with Gasteiger partial charge in [0.15, 0.2) is 12.7 Å². The molecule has 1 aromatic rings. The van der Waals surface area contributed by atoms with Gasteiger partial charge in [-0.1, -0.05) is 30.7 Å². The Morgan fingerprint density at radius 3 is 2.82 bits per heavy atom. The minimum absolute atomic E-state index is 0.0464. The van der Waals surface area contributed by atoms with E-state index >= 15 is 0 Å². The standard InChI is InChI=1S/C22H31ClFN3O6/c1-5-14-8-20(32-33-27(14)4)22(30)26-19(13(2)3)9-15(28)11-25-21(29)12-31-16-6-7-17(23)18(24)10-16/h6-7,10,14-15,19-20,28H,2,5,8-9,11-12H2,1,3-4H3,(H,25,29)(H,26,30). The summed E-state index contributed by atoms with van der Waals surface area (Å²) in [4.78, 5) is 34.8. The molecule has 0 aliphatic carbocycles. The highest BCUT2D eigenvalue weighted by atomic mass is 35.5. The summed E-state index contributed by atoms with van der Waals surface area (Å²) in [5.41, 5.74) is 0.641. The second-order valence-electron chi connectivity index (χ2n) is 7.97. The fourth-order valence-electron chi connectivity index (χ4n) is 3.19. The first-order chi connectivity index (χ1) is 15.6. The molecule has 184 valence electrons. The molecule has 1 aliphatic heterocycles. The molecule has 4 unspecified atom stereocenters. The van der Waals surface area contributed by atoms with Crippen molar-refractivity contribution in [3.8, 4) is 5.75 Å². The average molecular weight is 488 g/mol. The molecule has 0 radical (unpaired) electrons. The van der Waals surface area contributed by atoms with Gasteiger partial charge < -0.3 is 20.5 Å². The minimum Gasteiger partial charge on any atom is -0.484 e. The Hall–Kier alpha value is -2.24. The third kappa shape index (κ3) is 8.56. The zero-order valence-corrected chi connectivity index (χ0v) is 19.7. The van der Waals surface area contributed by atoms with Crippen LogP contribution in [0.4, 0.5) is 4.39 Å². The van der Waals surface area contributed by atoms with Crippen LogP contribution in [0.1, 0.15) is 33.1 Å². The van der Waals surface area contributed by atoms with Gasteiger partial charge >= 0.3 is 0 Å². The number of benzene rings is 1. The number of nitrogens with one attached hydrogen (secondary N) is 2. The number of amides is 2. The van der Waals surface area contributed by atoms with Crippen LogP contribution in [0.15, 0.2) is 30.4 Å². The zero-order chi connectivity index (χ0) is 24.5. The Kier molecular flexibility index (Phi) is 10.5. The number of hydrogen-bond acceptors (Lipinski definition) is 7. The van der Waals surface area contributed by atoms with Gasteiger partial charge in [0.25, 0.3) is 11.8 Å². The lowest BCUT2D eigenvalue weighted by Gasteiger charge is -2.34. The molecule has 0 spiro atoms. The molecule has 0 saturated carbocycles. The number of rotatable bonds is 11. The van der Waals surface area contributed by atoms with Gasteiger partial charge in [-0.2, -0.15) is 5.06 Å². The number of aliphatic hydroxyl groups is 1. The molecule has 33 heavy (non-hydrogen) atoms. The van der Waals surface area contributed by atoms with Crippen LogP contribution in [-0.4, -0.2) is 66.5 Å². The highest BCUT2D eigenvalue weighted by Crippen LogP contribution is 2.21. The molecule has 1 saturated heterocycles. The number of ether oxygens (including phenoxy) is 1. The van der Waals surface area contributed by atoms with E-state index in [0.29, 0.717) is 12.0 Å². The third-order valence-electron chi connectivity index (χ3n) is 5.26. The minimum atomic E-state index is -0.957. The molecule has 2 amide bonds. The molecule has 2 rings (SSSR count). The zero-order valence-electron chi connectivity index (χ0n) is 19.0. The molecular formula is C22H31ClFN3O6. The molecule has 1 aromatic carbocycles. The van der Waals surface area contributed by atoms with Crippen molar-refractivity contribution in [2.24, 2.45) is 0 Å². The third-order valence-corrected chi connectivity index (χ3v) is 5.56. The van der Waals surface area contributed by atoms with Crippen LogP contribution in [0, 0.1) is 5.82 Å². The van der Waals surface area contributed by atoms with E-state index < -0.39 is 30.0 Å². The number of nitrogens with zero attached hydrogens (tertiary/aromatic N) is 1. The maximum atomic E-state index is 13.4. The van der Waals surface area contributed by atoms with Gasteiger partial charge in [-0.05, 0) is 31.9 Å². The number of halogens is 2. The van der Waals surface area contributed by atoms with Gasteiger partial charge in [0.05, 0.1) is 17.2 Å². The largest absolute Gasteiger partial charge is 0.484 e. The van der Waals surface area contributed by atoms with Gasteiger partial charge in [0.1, 0.15) is 11.6 Å². The molecule has 0 aromatic heterocycles. The first-order valence-corrected chi connectivity index (χ1v) is 11.0. The summed E-state index contributed by atoms with van der Waals surface area (Å²) in [5, 5.41) is 17.2. The van der Waals surface area contributed by atoms with Crippen LogP contribution < -0.4 is 15.4 Å². The summed E-state index contributed by atoms with van der Waals surface area (Å²) in [7, 11) is 1.74. The van der Waals surface area contributed by atoms with Crippen molar-refractivity contribution in [3.63, 3.8) is 0 Å². The van der Waals surface area contributed by atoms with Crippen molar-refractivity contribution < 1.29 is 33.7 Å². The van der Waals surface area contributed by atoms with Crippen LogP contribution >= 0.6 is 11.6 Å². The summed E-state index contributed by atoms with van der Waals surface area (Å²) in [6.45, 7) is 7.16. The Morgan fingerprint density at radius 2 is 2.18 bits per heavy atom. The Balaban J connectivity index is 1.77. The van der Waals surface area contributed by atoms with Crippen molar-refractivity contribution in [3.05, 3.63) is 41.2 Å². The molecule has 11 heteroatoms. The molecule has 1 fully saturated rings. The number of hydroxylamine groups is 2. The normalized spacial score (nSPS) is 20.5. The smallest absolute Gasteiger partial charge is 0.258 e. The van der Waals surface area contributed by atoms with Crippen molar-refractivity contribution in [1.29, 1.82) is 0 Å². The van der Waals surface area contributed by atoms with Crippen molar-refractivity contribution in [2.75, 3.05) is 20.2 Å². The monoisotopic (exact) mass is 487 g/mol. The lowest BCUT2D eigenvalue weighted by molar-refractivity contribution is -0.466. The number of carbonyl (C=O) groups excluding carboxylic acids is 2. The average Bonchev–Trinajstić information content (AvgIpc) is 2.78. The maximum Gasteiger partial charge on any atom is 0.258 e. The molecule has 9 nitrogen and oxygen atoms in total. The summed E-state index contributed by atoms with van der Waals surface area (Å²) in [5.74, 6) is -1.36. The second-order valence-corrected chi connectivity index (χ2v) is 8.38. The van der Waals surface area contributed by atoms with Crippen molar-refractivity contribution >= 4 is 23.4 Å². The molecular weight excluding hydrogens is 457 g/mol. The molecule has 1 heterocycles. The maximum absolute atomic E-state index is 13.4. The summed E-state index contributed by atoms with van der Waals surface area (Å²) in [6.07, 6.45) is -0.336. The van der Waals surface area contributed by atoms with Crippen LogP contribution in [-0.2, 0) is 19.5 Å². The second kappa shape index (κ2) is 12.9. The van der Waals surface area contributed by atoms with E-state index in [0.717, 1.165) is 12.5 Å². The van der Waals surface area contributed by atoms with E-state index in [4.69, 9.17) is 26.2 Å². The number of aliphatic hydroxyl groups excluding tert-OH is 1. The molecule has 4 atom stereocenters. The number of hydrogen-bond donors (Lipinski definition) is 3. The lowest BCUT2D eigenvalue weighted by Crippen LogP contribution is -2.51. The van der Waals surface area contributed by atoms with E-state index in [1.54, 1.807) is 19.0 Å².